The third-order valence-corrected chi connectivity index (χ3v) is 9.41. The van der Waals surface area contributed by atoms with Gasteiger partial charge in [-0.25, -0.2) is 23.2 Å². The molecular weight excluding hydrogens is 466 g/mol. The fraction of sp³-hybridized carbons (Fsp3) is 0.409. The van der Waals surface area contributed by atoms with Crippen LogP contribution in [0.3, 0.4) is 0 Å². The van der Waals surface area contributed by atoms with Crippen molar-refractivity contribution in [1.82, 2.24) is 9.97 Å². The molecule has 1 fully saturated rings. The van der Waals surface area contributed by atoms with Crippen LogP contribution in [0.1, 0.15) is 41.3 Å². The summed E-state index contributed by atoms with van der Waals surface area (Å²) in [6, 6.07) is 9.99. The summed E-state index contributed by atoms with van der Waals surface area (Å²) in [5, 5.41) is 4.14. The Labute approximate surface area is 195 Å². The molecule has 1 atom stereocenters. The number of sulfone groups is 1. The zero-order valence-electron chi connectivity index (χ0n) is 18.2. The maximum atomic E-state index is 12.5. The molecule has 7 nitrogen and oxygen atoms in total. The van der Waals surface area contributed by atoms with Crippen LogP contribution in [0.4, 0.5) is 5.82 Å². The van der Waals surface area contributed by atoms with E-state index in [0.717, 1.165) is 15.8 Å². The molecule has 3 heterocycles. The van der Waals surface area contributed by atoms with Gasteiger partial charge >= 0.3 is 5.97 Å². The number of carbonyl (C=O) groups excluding carboxylic acids is 1. The zero-order valence-corrected chi connectivity index (χ0v) is 20.6. The number of benzene rings is 1. The Balaban J connectivity index is 1.74. The summed E-state index contributed by atoms with van der Waals surface area (Å²) in [5.41, 5.74) is 0.125. The number of aryl methyl sites for hydroxylation is 1. The Kier molecular flexibility index (Phi) is 6.46. The fourth-order valence-electron chi connectivity index (χ4n) is 3.79. The number of carbonyl (C=O) groups is 1. The summed E-state index contributed by atoms with van der Waals surface area (Å²) in [4.78, 5) is 24.3. The summed E-state index contributed by atoms with van der Waals surface area (Å²) in [6.45, 7) is 5.81. The molecule has 32 heavy (non-hydrogen) atoms. The minimum absolute atomic E-state index is 0.0491. The van der Waals surface area contributed by atoms with Crippen molar-refractivity contribution in [2.45, 2.75) is 43.4 Å². The molecule has 0 radical (unpaired) electrons. The van der Waals surface area contributed by atoms with Gasteiger partial charge in [0.1, 0.15) is 21.3 Å². The van der Waals surface area contributed by atoms with Crippen LogP contribution in [0.15, 0.2) is 35.2 Å². The standard InChI is InChI=1S/C22H25N3O4S3/c1-4-29-21(26)18-14(2)17-19(25-22(3)10-11-32(27,28)13-22)23-16(24-20(17)31-18)12-30-15-8-6-5-7-9-15/h5-9H,4,10-13H2,1-3H3,(H,23,24,25)/t22-/m1/s1. The highest BCUT2D eigenvalue weighted by molar-refractivity contribution is 7.98. The number of nitrogens with one attached hydrogen (secondary N) is 1. The first kappa shape index (κ1) is 23.0. The lowest BCUT2D eigenvalue weighted by Crippen LogP contribution is -2.36. The normalized spacial score (nSPS) is 19.8. The maximum Gasteiger partial charge on any atom is 0.348 e. The number of fused-ring (bicyclic) bond motifs is 1. The van der Waals surface area contributed by atoms with Crippen molar-refractivity contribution in [1.29, 1.82) is 0 Å². The molecule has 170 valence electrons. The van der Waals surface area contributed by atoms with Crippen LogP contribution >= 0.6 is 23.1 Å². The second kappa shape index (κ2) is 8.99. The lowest BCUT2D eigenvalue weighted by molar-refractivity contribution is 0.0531. The van der Waals surface area contributed by atoms with E-state index in [-0.39, 0.29) is 24.1 Å². The Morgan fingerprint density at radius 1 is 1.28 bits per heavy atom. The van der Waals surface area contributed by atoms with Gasteiger partial charge < -0.3 is 10.1 Å². The lowest BCUT2D eigenvalue weighted by atomic mass is 10.0. The second-order valence-corrected chi connectivity index (χ2v) is 12.3. The van der Waals surface area contributed by atoms with Crippen LogP contribution in [0, 0.1) is 6.92 Å². The summed E-state index contributed by atoms with van der Waals surface area (Å²) in [6.07, 6.45) is 0.503. The molecule has 1 saturated heterocycles. The molecule has 1 aliphatic rings. The van der Waals surface area contributed by atoms with E-state index in [4.69, 9.17) is 14.7 Å². The Hall–Kier alpha value is -2.17. The van der Waals surface area contributed by atoms with Gasteiger partial charge in [0, 0.05) is 4.90 Å². The van der Waals surface area contributed by atoms with Gasteiger partial charge in [-0.15, -0.1) is 23.1 Å². The number of ether oxygens (including phenoxy) is 1. The second-order valence-electron chi connectivity index (χ2n) is 8.07. The molecule has 1 N–H and O–H groups in total. The van der Waals surface area contributed by atoms with Crippen LogP contribution in [0.2, 0.25) is 0 Å². The smallest absolute Gasteiger partial charge is 0.348 e. The third-order valence-electron chi connectivity index (χ3n) is 5.33. The quantitative estimate of drug-likeness (QED) is 0.382. The molecule has 0 saturated carbocycles. The van der Waals surface area contributed by atoms with E-state index in [1.54, 1.807) is 18.7 Å². The van der Waals surface area contributed by atoms with Crippen molar-refractivity contribution in [3.8, 4) is 0 Å². The molecule has 0 aliphatic carbocycles. The lowest BCUT2D eigenvalue weighted by Gasteiger charge is -2.25. The largest absolute Gasteiger partial charge is 0.462 e. The SMILES string of the molecule is CCOC(=O)c1sc2nc(CSc3ccccc3)nc(N[C@]3(C)CCS(=O)(=O)C3)c2c1C. The van der Waals surface area contributed by atoms with Crippen LogP contribution in [0.5, 0.6) is 0 Å². The van der Waals surface area contributed by atoms with E-state index in [1.807, 2.05) is 44.2 Å². The van der Waals surface area contributed by atoms with Crippen molar-refractivity contribution in [3.63, 3.8) is 0 Å². The Morgan fingerprint density at radius 3 is 2.69 bits per heavy atom. The van der Waals surface area contributed by atoms with Gasteiger partial charge in [-0.1, -0.05) is 18.2 Å². The van der Waals surface area contributed by atoms with Crippen molar-refractivity contribution in [3.05, 3.63) is 46.6 Å². The van der Waals surface area contributed by atoms with Crippen LogP contribution in [-0.2, 0) is 20.3 Å². The monoisotopic (exact) mass is 491 g/mol. The molecule has 0 spiro atoms. The van der Waals surface area contributed by atoms with Gasteiger partial charge in [-0.2, -0.15) is 0 Å². The molecule has 1 aromatic carbocycles. The number of hydrogen-bond acceptors (Lipinski definition) is 9. The van der Waals surface area contributed by atoms with Gasteiger partial charge in [0.25, 0.3) is 0 Å². The number of hydrogen-bond donors (Lipinski definition) is 1. The predicted molar refractivity (Wildman–Crippen MR) is 129 cm³/mol. The molecule has 2 aromatic heterocycles. The Morgan fingerprint density at radius 2 is 2.03 bits per heavy atom. The first-order valence-corrected chi connectivity index (χ1v) is 14.0. The minimum atomic E-state index is -3.09. The van der Waals surface area contributed by atoms with E-state index in [0.29, 0.717) is 33.5 Å². The van der Waals surface area contributed by atoms with E-state index < -0.39 is 15.4 Å². The number of anilines is 1. The van der Waals surface area contributed by atoms with Crippen molar-refractivity contribution >= 4 is 54.9 Å². The predicted octanol–water partition coefficient (Wildman–Crippen LogP) is 4.46. The van der Waals surface area contributed by atoms with E-state index >= 15 is 0 Å². The summed E-state index contributed by atoms with van der Waals surface area (Å²) < 4.78 is 29.5. The number of esters is 1. The molecule has 0 amide bonds. The van der Waals surface area contributed by atoms with E-state index in [2.05, 4.69) is 5.32 Å². The zero-order chi connectivity index (χ0) is 22.9. The summed E-state index contributed by atoms with van der Waals surface area (Å²) in [5.74, 6) is 1.56. The summed E-state index contributed by atoms with van der Waals surface area (Å²) >= 11 is 2.91. The van der Waals surface area contributed by atoms with Gasteiger partial charge in [-0.3, -0.25) is 0 Å². The highest BCUT2D eigenvalue weighted by atomic mass is 32.2. The van der Waals surface area contributed by atoms with Gasteiger partial charge in [0.15, 0.2) is 9.84 Å². The summed E-state index contributed by atoms with van der Waals surface area (Å²) in [7, 11) is -3.09. The molecular formula is C22H25N3O4S3. The number of thioether (sulfide) groups is 1. The molecule has 0 unspecified atom stereocenters. The van der Waals surface area contributed by atoms with Gasteiger partial charge in [0.05, 0.1) is 34.8 Å². The average molecular weight is 492 g/mol. The first-order valence-electron chi connectivity index (χ1n) is 10.3. The number of nitrogens with zero attached hydrogens (tertiary/aromatic N) is 2. The van der Waals surface area contributed by atoms with E-state index in [9.17, 15) is 13.2 Å². The maximum absolute atomic E-state index is 12.5. The highest BCUT2D eigenvalue weighted by Gasteiger charge is 2.39. The van der Waals surface area contributed by atoms with Crippen molar-refractivity contribution in [2.75, 3.05) is 23.4 Å². The van der Waals surface area contributed by atoms with Gasteiger partial charge in [0.2, 0.25) is 0 Å². The van der Waals surface area contributed by atoms with Gasteiger partial charge in [-0.05, 0) is 44.9 Å². The number of aromatic nitrogens is 2. The Bertz CT molecular complexity index is 1260. The molecule has 10 heteroatoms. The highest BCUT2D eigenvalue weighted by Crippen LogP contribution is 2.37. The number of rotatable bonds is 7. The topological polar surface area (TPSA) is 98.2 Å². The number of thiophene rings is 1. The molecule has 4 rings (SSSR count). The van der Waals surface area contributed by atoms with E-state index in [1.165, 1.54) is 11.3 Å². The van der Waals surface area contributed by atoms with Crippen molar-refractivity contribution < 1.29 is 17.9 Å². The first-order chi connectivity index (χ1) is 15.2. The average Bonchev–Trinajstić information content (AvgIpc) is 3.22. The molecule has 3 aromatic rings. The van der Waals surface area contributed by atoms with Crippen LogP contribution in [0.25, 0.3) is 10.2 Å². The molecule has 0 bridgehead atoms. The van der Waals surface area contributed by atoms with Crippen LogP contribution in [-0.4, -0.2) is 48.0 Å². The fourth-order valence-corrected chi connectivity index (χ4v) is 7.75. The molecule has 1 aliphatic heterocycles. The third kappa shape index (κ3) is 4.92. The van der Waals surface area contributed by atoms with Crippen LogP contribution < -0.4 is 5.32 Å². The van der Waals surface area contributed by atoms with Crippen molar-refractivity contribution in [2.24, 2.45) is 0 Å². The minimum Gasteiger partial charge on any atom is -0.462 e.